The molecule has 3 unspecified atom stereocenters. The second-order valence-corrected chi connectivity index (χ2v) is 4.97. The molecule has 3 nitrogen and oxygen atoms in total. The lowest BCUT2D eigenvalue weighted by Crippen LogP contribution is -2.39. The predicted molar refractivity (Wildman–Crippen MR) is 66.4 cm³/mol. The molecule has 0 radical (unpaired) electrons. The van der Waals surface area contributed by atoms with Crippen LogP contribution >= 0.6 is 0 Å². The Morgan fingerprint density at radius 1 is 1.50 bits per heavy atom. The third kappa shape index (κ3) is 2.64. The van der Waals surface area contributed by atoms with Gasteiger partial charge >= 0.3 is 0 Å². The zero-order chi connectivity index (χ0) is 11.4. The minimum atomic E-state index is 0.613. The molecule has 0 spiro atoms. The first kappa shape index (κ1) is 11.6. The fourth-order valence-electron chi connectivity index (χ4n) is 2.84. The summed E-state index contributed by atoms with van der Waals surface area (Å²) in [5.41, 5.74) is 0. The van der Waals surface area contributed by atoms with Crippen LogP contribution in [0, 0.1) is 0 Å². The predicted octanol–water partition coefficient (Wildman–Crippen LogP) is 2.75. The Balaban J connectivity index is 1.93. The molecule has 3 atom stereocenters. The summed E-state index contributed by atoms with van der Waals surface area (Å²) >= 11 is 0. The minimum Gasteiger partial charge on any atom is -0.333 e. The number of nitrogens with zero attached hydrogens (tertiary/aromatic N) is 2. The van der Waals surface area contributed by atoms with Crippen molar-refractivity contribution in [2.45, 2.75) is 64.1 Å². The van der Waals surface area contributed by atoms with Crippen molar-refractivity contribution in [2.75, 3.05) is 0 Å². The fraction of sp³-hybridized carbons (Fsp3) is 0.769. The lowest BCUT2D eigenvalue weighted by atomic mass is 10.1. The Hall–Kier alpha value is -0.830. The van der Waals surface area contributed by atoms with Crippen molar-refractivity contribution in [2.24, 2.45) is 0 Å². The molecule has 1 saturated carbocycles. The molecule has 0 bridgehead atoms. The first-order valence-electron chi connectivity index (χ1n) is 6.54. The zero-order valence-corrected chi connectivity index (χ0v) is 10.4. The highest BCUT2D eigenvalue weighted by Crippen LogP contribution is 2.30. The zero-order valence-electron chi connectivity index (χ0n) is 10.4. The molecular weight excluding hydrogens is 198 g/mol. The van der Waals surface area contributed by atoms with E-state index in [1.807, 2.05) is 12.5 Å². The van der Waals surface area contributed by atoms with E-state index in [-0.39, 0.29) is 0 Å². The van der Waals surface area contributed by atoms with Gasteiger partial charge in [-0.15, -0.1) is 0 Å². The van der Waals surface area contributed by atoms with Crippen LogP contribution in [0.1, 0.15) is 52.0 Å². The van der Waals surface area contributed by atoms with Gasteiger partial charge in [0.15, 0.2) is 0 Å². The molecular formula is C13H23N3. The van der Waals surface area contributed by atoms with E-state index in [0.29, 0.717) is 18.1 Å². The molecule has 0 aliphatic heterocycles. The summed E-state index contributed by atoms with van der Waals surface area (Å²) in [4.78, 5) is 4.15. The second-order valence-electron chi connectivity index (χ2n) is 4.97. The van der Waals surface area contributed by atoms with Gasteiger partial charge in [-0.25, -0.2) is 4.98 Å². The van der Waals surface area contributed by atoms with Gasteiger partial charge in [-0.3, -0.25) is 0 Å². The number of hydrogen-bond donors (Lipinski definition) is 1. The molecule has 1 aliphatic carbocycles. The summed E-state index contributed by atoms with van der Waals surface area (Å²) in [5, 5.41) is 3.77. The van der Waals surface area contributed by atoms with Crippen LogP contribution in [0.3, 0.4) is 0 Å². The van der Waals surface area contributed by atoms with Crippen LogP contribution in [0.25, 0.3) is 0 Å². The molecule has 90 valence electrons. The Morgan fingerprint density at radius 2 is 2.38 bits per heavy atom. The number of hydrogen-bond acceptors (Lipinski definition) is 2. The van der Waals surface area contributed by atoms with Gasteiger partial charge in [0.25, 0.3) is 0 Å². The van der Waals surface area contributed by atoms with Crippen molar-refractivity contribution in [3.63, 3.8) is 0 Å². The van der Waals surface area contributed by atoms with Crippen molar-refractivity contribution in [3.8, 4) is 0 Å². The van der Waals surface area contributed by atoms with E-state index >= 15 is 0 Å². The van der Waals surface area contributed by atoms with Crippen LogP contribution in [0.15, 0.2) is 18.7 Å². The van der Waals surface area contributed by atoms with E-state index in [4.69, 9.17) is 0 Å². The Bertz CT molecular complexity index is 294. The normalized spacial score (nSPS) is 27.1. The molecule has 0 saturated heterocycles. The van der Waals surface area contributed by atoms with E-state index < -0.39 is 0 Å². The van der Waals surface area contributed by atoms with Gasteiger partial charge in [-0.1, -0.05) is 13.3 Å². The SMILES string of the molecule is CCCC(C)NC1CCCC1n1ccnc1. The molecule has 1 aromatic rings. The van der Waals surface area contributed by atoms with Gasteiger partial charge in [-0.05, 0) is 32.6 Å². The maximum absolute atomic E-state index is 4.15. The molecule has 1 aromatic heterocycles. The molecule has 2 rings (SSSR count). The van der Waals surface area contributed by atoms with E-state index in [0.717, 1.165) is 0 Å². The summed E-state index contributed by atoms with van der Waals surface area (Å²) in [6.45, 7) is 4.55. The van der Waals surface area contributed by atoms with E-state index in [9.17, 15) is 0 Å². The summed E-state index contributed by atoms with van der Waals surface area (Å²) in [5.74, 6) is 0. The molecule has 0 amide bonds. The molecule has 1 aliphatic rings. The van der Waals surface area contributed by atoms with Crippen LogP contribution in [-0.2, 0) is 0 Å². The third-order valence-corrected chi connectivity index (χ3v) is 3.61. The monoisotopic (exact) mass is 221 g/mol. The summed E-state index contributed by atoms with van der Waals surface area (Å²) in [6, 6.07) is 1.89. The standard InChI is InChI=1S/C13H23N3/c1-3-5-11(2)15-12-6-4-7-13(12)16-9-8-14-10-16/h8-13,15H,3-7H2,1-2H3. The maximum Gasteiger partial charge on any atom is 0.0949 e. The number of nitrogens with one attached hydrogen (secondary N) is 1. The Kier molecular flexibility index (Phi) is 3.99. The summed E-state index contributed by atoms with van der Waals surface area (Å²) < 4.78 is 2.27. The van der Waals surface area contributed by atoms with Gasteiger partial charge in [0, 0.05) is 30.5 Å². The molecule has 16 heavy (non-hydrogen) atoms. The van der Waals surface area contributed by atoms with Gasteiger partial charge in [-0.2, -0.15) is 0 Å². The van der Waals surface area contributed by atoms with Gasteiger partial charge in [0.2, 0.25) is 0 Å². The fourth-order valence-corrected chi connectivity index (χ4v) is 2.84. The van der Waals surface area contributed by atoms with Crippen LogP contribution in [0.5, 0.6) is 0 Å². The maximum atomic E-state index is 4.15. The first-order valence-corrected chi connectivity index (χ1v) is 6.54. The lowest BCUT2D eigenvalue weighted by molar-refractivity contribution is 0.349. The van der Waals surface area contributed by atoms with Crippen molar-refractivity contribution in [1.29, 1.82) is 0 Å². The topological polar surface area (TPSA) is 29.9 Å². The van der Waals surface area contributed by atoms with E-state index in [2.05, 4.69) is 34.9 Å². The van der Waals surface area contributed by atoms with E-state index in [1.54, 1.807) is 0 Å². The highest BCUT2D eigenvalue weighted by Gasteiger charge is 2.28. The van der Waals surface area contributed by atoms with Crippen molar-refractivity contribution in [3.05, 3.63) is 18.7 Å². The summed E-state index contributed by atoms with van der Waals surface area (Å²) in [6.07, 6.45) is 12.4. The Morgan fingerprint density at radius 3 is 3.06 bits per heavy atom. The average Bonchev–Trinajstić information content (AvgIpc) is 2.86. The van der Waals surface area contributed by atoms with Gasteiger partial charge in [0.1, 0.15) is 0 Å². The molecule has 1 fully saturated rings. The Labute approximate surface area is 98.3 Å². The highest BCUT2D eigenvalue weighted by atomic mass is 15.1. The number of aromatic nitrogens is 2. The third-order valence-electron chi connectivity index (χ3n) is 3.61. The molecule has 1 heterocycles. The number of rotatable bonds is 5. The lowest BCUT2D eigenvalue weighted by Gasteiger charge is -2.25. The average molecular weight is 221 g/mol. The molecule has 0 aromatic carbocycles. The van der Waals surface area contributed by atoms with Crippen molar-refractivity contribution in [1.82, 2.24) is 14.9 Å². The number of imidazole rings is 1. The van der Waals surface area contributed by atoms with Crippen molar-refractivity contribution < 1.29 is 0 Å². The van der Waals surface area contributed by atoms with Gasteiger partial charge in [0.05, 0.1) is 6.33 Å². The summed E-state index contributed by atoms with van der Waals surface area (Å²) in [7, 11) is 0. The molecule has 3 heteroatoms. The molecule has 1 N–H and O–H groups in total. The van der Waals surface area contributed by atoms with Crippen LogP contribution < -0.4 is 5.32 Å². The quantitative estimate of drug-likeness (QED) is 0.828. The van der Waals surface area contributed by atoms with Crippen molar-refractivity contribution >= 4 is 0 Å². The smallest absolute Gasteiger partial charge is 0.0949 e. The van der Waals surface area contributed by atoms with Crippen LogP contribution in [-0.4, -0.2) is 21.6 Å². The van der Waals surface area contributed by atoms with Crippen LogP contribution in [0.2, 0.25) is 0 Å². The van der Waals surface area contributed by atoms with Crippen LogP contribution in [0.4, 0.5) is 0 Å². The first-order chi connectivity index (χ1) is 7.81. The highest BCUT2D eigenvalue weighted by molar-refractivity contribution is 4.92. The minimum absolute atomic E-state index is 0.613. The second kappa shape index (κ2) is 5.48. The largest absolute Gasteiger partial charge is 0.333 e. The van der Waals surface area contributed by atoms with Gasteiger partial charge < -0.3 is 9.88 Å². The van der Waals surface area contributed by atoms with E-state index in [1.165, 1.54) is 32.1 Å².